The molecule has 0 aliphatic carbocycles. The van der Waals surface area contributed by atoms with E-state index in [9.17, 15) is 18.0 Å². The Bertz CT molecular complexity index is 819. The Morgan fingerprint density at radius 3 is 2.62 bits per heavy atom. The smallest absolute Gasteiger partial charge is 0.356 e. The summed E-state index contributed by atoms with van der Waals surface area (Å²) in [6.07, 6.45) is -3.62. The number of hydrogen-bond acceptors (Lipinski definition) is 3. The third-order valence-electron chi connectivity index (χ3n) is 4.18. The molecule has 0 fully saturated rings. The van der Waals surface area contributed by atoms with Gasteiger partial charge in [0.2, 0.25) is 5.91 Å². The number of aliphatic imine (C=N–C) groups is 1. The lowest BCUT2D eigenvalue weighted by atomic mass is 10.1. The summed E-state index contributed by atoms with van der Waals surface area (Å²) in [7, 11) is 3.28. The van der Waals surface area contributed by atoms with Crippen molar-refractivity contribution in [3.63, 3.8) is 0 Å². The monoisotopic (exact) mass is 426 g/mol. The van der Waals surface area contributed by atoms with Crippen molar-refractivity contribution < 1.29 is 18.0 Å². The van der Waals surface area contributed by atoms with Crippen molar-refractivity contribution in [3.05, 3.63) is 57.8 Å². The number of nitrogens with one attached hydrogen (secondary N) is 2. The molecule has 1 aromatic heterocycles. The molecule has 1 aromatic carbocycles. The second-order valence-electron chi connectivity index (χ2n) is 6.70. The van der Waals surface area contributed by atoms with Crippen LogP contribution in [0.2, 0.25) is 0 Å². The fourth-order valence-corrected chi connectivity index (χ4v) is 3.18. The minimum absolute atomic E-state index is 0.0589. The molecule has 1 heterocycles. The minimum Gasteiger partial charge on any atom is -0.356 e. The van der Waals surface area contributed by atoms with Crippen LogP contribution in [0.5, 0.6) is 0 Å². The minimum atomic E-state index is -4.40. The van der Waals surface area contributed by atoms with Crippen molar-refractivity contribution >= 4 is 23.2 Å². The van der Waals surface area contributed by atoms with Crippen LogP contribution in [0.1, 0.15) is 29.0 Å². The van der Waals surface area contributed by atoms with E-state index in [4.69, 9.17) is 0 Å². The zero-order chi connectivity index (χ0) is 21.4. The Kier molecular flexibility index (Phi) is 8.07. The van der Waals surface area contributed by atoms with Crippen LogP contribution >= 0.6 is 11.3 Å². The fraction of sp³-hybridized carbons (Fsp3) is 0.400. The lowest BCUT2D eigenvalue weighted by Crippen LogP contribution is -2.40. The highest BCUT2D eigenvalue weighted by Gasteiger charge is 2.30. The van der Waals surface area contributed by atoms with Crippen molar-refractivity contribution in [3.8, 4) is 0 Å². The number of guanidine groups is 1. The van der Waals surface area contributed by atoms with Gasteiger partial charge in [-0.05, 0) is 42.5 Å². The van der Waals surface area contributed by atoms with Crippen molar-refractivity contribution in [1.29, 1.82) is 0 Å². The topological polar surface area (TPSA) is 56.7 Å². The first kappa shape index (κ1) is 22.7. The Balaban J connectivity index is 2.08. The number of thiophene rings is 1. The summed E-state index contributed by atoms with van der Waals surface area (Å²) in [5.74, 6) is 0.206. The first-order valence-corrected chi connectivity index (χ1v) is 9.99. The normalized spacial score (nSPS) is 13.1. The fourth-order valence-electron chi connectivity index (χ4n) is 2.47. The summed E-state index contributed by atoms with van der Waals surface area (Å²) >= 11 is 1.64. The van der Waals surface area contributed by atoms with Crippen molar-refractivity contribution in [2.24, 2.45) is 4.99 Å². The lowest BCUT2D eigenvalue weighted by molar-refractivity contribution is -0.137. The molecule has 2 N–H and O–H groups in total. The molecule has 1 amide bonds. The zero-order valence-corrected chi connectivity index (χ0v) is 17.4. The van der Waals surface area contributed by atoms with Crippen LogP contribution in [0, 0.1) is 0 Å². The maximum atomic E-state index is 13.0. The molecular formula is C20H25F3N4OS. The molecule has 5 nitrogen and oxygen atoms in total. The number of likely N-dealkylation sites (N-methyl/N-ethyl adjacent to an activating group) is 1. The summed E-state index contributed by atoms with van der Waals surface area (Å²) in [4.78, 5) is 18.8. The molecule has 0 spiro atoms. The number of benzene rings is 1. The predicted octanol–water partition coefficient (Wildman–Crippen LogP) is 3.69. The maximum Gasteiger partial charge on any atom is 0.416 e. The van der Waals surface area contributed by atoms with Crippen LogP contribution in [-0.2, 0) is 17.4 Å². The van der Waals surface area contributed by atoms with Gasteiger partial charge in [-0.1, -0.05) is 18.2 Å². The van der Waals surface area contributed by atoms with Gasteiger partial charge >= 0.3 is 6.18 Å². The predicted molar refractivity (Wildman–Crippen MR) is 110 cm³/mol. The van der Waals surface area contributed by atoms with Crippen molar-refractivity contribution in [2.45, 2.75) is 25.6 Å². The molecule has 158 valence electrons. The number of halogens is 3. The molecule has 29 heavy (non-hydrogen) atoms. The van der Waals surface area contributed by atoms with E-state index in [1.807, 2.05) is 17.5 Å². The third kappa shape index (κ3) is 7.41. The number of alkyl halides is 3. The SMILES string of the molecule is CC(NC(=NCC(=O)N(C)C)NCCc1cccs1)c1cccc(C(F)(F)F)c1. The molecule has 0 bridgehead atoms. The third-order valence-corrected chi connectivity index (χ3v) is 5.12. The molecule has 0 saturated heterocycles. The Morgan fingerprint density at radius 2 is 2.00 bits per heavy atom. The molecule has 0 radical (unpaired) electrons. The average molecular weight is 427 g/mol. The quantitative estimate of drug-likeness (QED) is 0.524. The molecule has 2 aromatic rings. The van der Waals surface area contributed by atoms with E-state index < -0.39 is 17.8 Å². The molecule has 9 heteroatoms. The van der Waals surface area contributed by atoms with Crippen LogP contribution in [-0.4, -0.2) is 44.0 Å². The van der Waals surface area contributed by atoms with E-state index in [0.717, 1.165) is 18.6 Å². The molecule has 1 unspecified atom stereocenters. The van der Waals surface area contributed by atoms with Gasteiger partial charge in [-0.3, -0.25) is 4.79 Å². The first-order valence-electron chi connectivity index (χ1n) is 9.11. The lowest BCUT2D eigenvalue weighted by Gasteiger charge is -2.20. The van der Waals surface area contributed by atoms with Gasteiger partial charge in [0.25, 0.3) is 0 Å². The second kappa shape index (κ2) is 10.3. The molecule has 0 aliphatic heterocycles. The summed E-state index contributed by atoms with van der Waals surface area (Å²) in [6.45, 7) is 2.27. The second-order valence-corrected chi connectivity index (χ2v) is 7.73. The van der Waals surface area contributed by atoms with E-state index in [1.54, 1.807) is 38.4 Å². The molecule has 2 rings (SSSR count). The summed E-state index contributed by atoms with van der Waals surface area (Å²) in [5, 5.41) is 8.24. The van der Waals surface area contributed by atoms with Crippen molar-refractivity contribution in [1.82, 2.24) is 15.5 Å². The Morgan fingerprint density at radius 1 is 1.24 bits per heavy atom. The highest BCUT2D eigenvalue weighted by molar-refractivity contribution is 7.09. The number of nitrogens with zero attached hydrogens (tertiary/aromatic N) is 2. The van der Waals surface area contributed by atoms with Crippen LogP contribution in [0.15, 0.2) is 46.8 Å². The van der Waals surface area contributed by atoms with E-state index in [0.29, 0.717) is 18.1 Å². The Hall–Kier alpha value is -2.55. The van der Waals surface area contributed by atoms with Crippen LogP contribution in [0.4, 0.5) is 13.2 Å². The van der Waals surface area contributed by atoms with E-state index in [2.05, 4.69) is 15.6 Å². The van der Waals surface area contributed by atoms with E-state index in [1.165, 1.54) is 15.8 Å². The van der Waals surface area contributed by atoms with Gasteiger partial charge in [0.1, 0.15) is 6.54 Å². The molecule has 1 atom stereocenters. The van der Waals surface area contributed by atoms with Crippen LogP contribution in [0.3, 0.4) is 0 Å². The average Bonchev–Trinajstić information content (AvgIpc) is 3.18. The van der Waals surface area contributed by atoms with Gasteiger partial charge in [0, 0.05) is 25.5 Å². The van der Waals surface area contributed by atoms with Crippen LogP contribution in [0.25, 0.3) is 0 Å². The number of rotatable bonds is 7. The standard InChI is InChI=1S/C20H25F3N4OS/c1-14(15-6-4-7-16(12-15)20(21,22)23)26-19(25-13-18(28)27(2)3)24-10-9-17-8-5-11-29-17/h4-8,11-12,14H,9-10,13H2,1-3H3,(H2,24,25,26). The van der Waals surface area contributed by atoms with Gasteiger partial charge in [-0.2, -0.15) is 13.2 Å². The molecule has 0 saturated carbocycles. The number of carbonyl (C=O) groups is 1. The highest BCUT2D eigenvalue weighted by atomic mass is 32.1. The van der Waals surface area contributed by atoms with E-state index in [-0.39, 0.29) is 12.5 Å². The van der Waals surface area contributed by atoms with Gasteiger partial charge in [0.15, 0.2) is 5.96 Å². The highest BCUT2D eigenvalue weighted by Crippen LogP contribution is 2.30. The van der Waals surface area contributed by atoms with Gasteiger partial charge in [0.05, 0.1) is 11.6 Å². The number of hydrogen-bond donors (Lipinski definition) is 2. The zero-order valence-electron chi connectivity index (χ0n) is 16.6. The number of carbonyl (C=O) groups excluding carboxylic acids is 1. The molecule has 0 aliphatic rings. The largest absolute Gasteiger partial charge is 0.416 e. The van der Waals surface area contributed by atoms with Gasteiger partial charge in [-0.15, -0.1) is 11.3 Å². The van der Waals surface area contributed by atoms with E-state index >= 15 is 0 Å². The van der Waals surface area contributed by atoms with Gasteiger partial charge < -0.3 is 15.5 Å². The number of amides is 1. The molecular weight excluding hydrogens is 401 g/mol. The Labute approximate surface area is 172 Å². The van der Waals surface area contributed by atoms with Gasteiger partial charge in [-0.25, -0.2) is 4.99 Å². The van der Waals surface area contributed by atoms with Crippen molar-refractivity contribution in [2.75, 3.05) is 27.2 Å². The van der Waals surface area contributed by atoms with Crippen LogP contribution < -0.4 is 10.6 Å². The summed E-state index contributed by atoms with van der Waals surface area (Å²) in [5.41, 5.74) is -0.220. The first-order chi connectivity index (χ1) is 13.7. The summed E-state index contributed by atoms with van der Waals surface area (Å²) in [6, 6.07) is 8.73. The summed E-state index contributed by atoms with van der Waals surface area (Å²) < 4.78 is 38.9. The maximum absolute atomic E-state index is 13.0.